The Morgan fingerprint density at radius 2 is 1.72 bits per heavy atom. The smallest absolute Gasteiger partial charge is 0.336 e. The number of carbonyl (C=O) groups is 1. The highest BCUT2D eigenvalue weighted by molar-refractivity contribution is 6.98. The van der Waals surface area contributed by atoms with Crippen LogP contribution in [0.2, 0.25) is 13.1 Å². The van der Waals surface area contributed by atoms with Crippen molar-refractivity contribution in [3.8, 4) is 0 Å². The Balaban J connectivity index is 1.63. The predicted octanol–water partition coefficient (Wildman–Crippen LogP) is 5.41. The number of hydrogen-bond donors (Lipinski definition) is 1. The van der Waals surface area contributed by atoms with E-state index in [1.807, 2.05) is 24.3 Å². The molecule has 2 saturated heterocycles. The molecular formula is C32H35F2N2O2Si+. The van der Waals surface area contributed by atoms with Gasteiger partial charge in [-0.1, -0.05) is 46.0 Å². The zero-order valence-corrected chi connectivity index (χ0v) is 24.2. The predicted molar refractivity (Wildman–Crippen MR) is 156 cm³/mol. The van der Waals surface area contributed by atoms with Crippen LogP contribution in [-0.4, -0.2) is 68.0 Å². The fourth-order valence-electron chi connectivity index (χ4n) is 6.18. The van der Waals surface area contributed by atoms with E-state index in [9.17, 15) is 18.7 Å². The zero-order valence-electron chi connectivity index (χ0n) is 23.2. The van der Waals surface area contributed by atoms with Crippen LogP contribution < -0.4 is 10.1 Å². The molecule has 0 radical (unpaired) electrons. The lowest BCUT2D eigenvalue weighted by molar-refractivity contribution is -0.599. The monoisotopic (exact) mass is 545 g/mol. The van der Waals surface area contributed by atoms with Crippen molar-refractivity contribution >= 4 is 36.2 Å². The fourth-order valence-corrected chi connectivity index (χ4v) is 9.25. The van der Waals surface area contributed by atoms with E-state index in [0.29, 0.717) is 31.7 Å². The van der Waals surface area contributed by atoms with Crippen LogP contribution >= 0.6 is 0 Å². The fraction of sp³-hybridized carbons (Fsp3) is 0.375. The number of hydrogen-bond acceptors (Lipinski definition) is 2. The van der Waals surface area contributed by atoms with E-state index in [4.69, 9.17) is 0 Å². The molecular weight excluding hydrogens is 510 g/mol. The standard InChI is InChI=1S/C32H34F2N2O2Si/c1-32(2,3)19-6-9-24(31(37)38)27(12-19)30-25-10-7-22(35-15-20(33)16-35)13-28(25)39(4,5)29-14-23(8-11-26(29)30)36-17-21(34)18-36/h6-14,20-21H,15-18H2,1-5H3/p+1. The number of carboxylic acids is 1. The molecule has 2 aromatic carbocycles. The van der Waals surface area contributed by atoms with Crippen molar-refractivity contribution in [2.24, 2.45) is 0 Å². The van der Waals surface area contributed by atoms with Crippen LogP contribution in [0.4, 0.5) is 14.5 Å². The van der Waals surface area contributed by atoms with Gasteiger partial charge in [-0.2, -0.15) is 0 Å². The molecule has 0 amide bonds. The van der Waals surface area contributed by atoms with Crippen molar-refractivity contribution in [2.75, 3.05) is 31.1 Å². The summed E-state index contributed by atoms with van der Waals surface area (Å²) in [6.07, 6.45) is 4.76. The van der Waals surface area contributed by atoms with Crippen molar-refractivity contribution < 1.29 is 23.3 Å². The van der Waals surface area contributed by atoms with E-state index in [1.165, 1.54) is 10.4 Å². The van der Waals surface area contributed by atoms with Gasteiger partial charge in [0.15, 0.2) is 18.8 Å². The van der Waals surface area contributed by atoms with E-state index in [2.05, 4.69) is 67.6 Å². The first kappa shape index (κ1) is 25.9. The Bertz CT molecular complexity index is 1530. The molecule has 3 heterocycles. The third-order valence-electron chi connectivity index (χ3n) is 8.68. The van der Waals surface area contributed by atoms with Crippen LogP contribution in [0.3, 0.4) is 0 Å². The van der Waals surface area contributed by atoms with E-state index in [1.54, 1.807) is 6.07 Å². The van der Waals surface area contributed by atoms with E-state index in [-0.39, 0.29) is 11.0 Å². The topological polar surface area (TPSA) is 43.5 Å². The van der Waals surface area contributed by atoms with Crippen LogP contribution in [0, 0.1) is 0 Å². The maximum atomic E-state index is 13.7. The zero-order chi connectivity index (χ0) is 27.9. The highest BCUT2D eigenvalue weighted by atomic mass is 28.3. The third kappa shape index (κ3) is 4.22. The lowest BCUT2D eigenvalue weighted by Gasteiger charge is -2.41. The highest BCUT2D eigenvalue weighted by Crippen LogP contribution is 2.44. The Hall–Kier alpha value is -3.32. The average molecular weight is 546 g/mol. The highest BCUT2D eigenvalue weighted by Gasteiger charge is 2.43. The van der Waals surface area contributed by atoms with Gasteiger partial charge in [-0.3, -0.25) is 0 Å². The maximum absolute atomic E-state index is 13.7. The van der Waals surface area contributed by atoms with Crippen molar-refractivity contribution in [2.45, 2.75) is 51.6 Å². The minimum absolute atomic E-state index is 0.158. The van der Waals surface area contributed by atoms with Crippen molar-refractivity contribution in [3.05, 3.63) is 87.6 Å². The number of anilines is 1. The molecule has 2 fully saturated rings. The van der Waals surface area contributed by atoms with Crippen LogP contribution in [0.1, 0.15) is 47.8 Å². The molecule has 3 aliphatic heterocycles. The molecule has 0 unspecified atom stereocenters. The summed E-state index contributed by atoms with van der Waals surface area (Å²) in [5, 5.41) is 12.7. The summed E-state index contributed by atoms with van der Waals surface area (Å²) < 4.78 is 29.5. The van der Waals surface area contributed by atoms with Gasteiger partial charge in [0.25, 0.3) is 0 Å². The largest absolute Gasteiger partial charge is 0.478 e. The number of benzene rings is 2. The van der Waals surface area contributed by atoms with Gasteiger partial charge >= 0.3 is 5.97 Å². The van der Waals surface area contributed by atoms with Crippen molar-refractivity contribution in [1.29, 1.82) is 0 Å². The molecule has 0 spiro atoms. The van der Waals surface area contributed by atoms with Gasteiger partial charge in [0, 0.05) is 17.8 Å². The van der Waals surface area contributed by atoms with Gasteiger partial charge < -0.3 is 10.0 Å². The quantitative estimate of drug-likeness (QED) is 0.414. The lowest BCUT2D eigenvalue weighted by atomic mass is 9.81. The molecule has 0 atom stereocenters. The maximum Gasteiger partial charge on any atom is 0.336 e. The number of rotatable bonds is 3. The second-order valence-corrected chi connectivity index (χ2v) is 17.1. The van der Waals surface area contributed by atoms with Gasteiger partial charge in [0.05, 0.1) is 18.7 Å². The second kappa shape index (κ2) is 8.85. The van der Waals surface area contributed by atoms with Gasteiger partial charge in [-0.05, 0) is 74.0 Å². The second-order valence-electron chi connectivity index (χ2n) is 12.8. The Kier molecular flexibility index (Phi) is 5.88. The number of nitrogens with zero attached hydrogens (tertiary/aromatic N) is 2. The number of allylic oxidation sites excluding steroid dienone is 5. The lowest BCUT2D eigenvalue weighted by Crippen LogP contribution is -2.52. The van der Waals surface area contributed by atoms with E-state index >= 15 is 0 Å². The van der Waals surface area contributed by atoms with Gasteiger partial charge in [-0.15, -0.1) is 0 Å². The number of carboxylic acid groups (broad SMARTS) is 1. The molecule has 0 aromatic heterocycles. The normalized spacial score (nSPS) is 22.2. The third-order valence-corrected chi connectivity index (χ3v) is 12.2. The summed E-state index contributed by atoms with van der Waals surface area (Å²) in [5.74, 6) is -0.958. The number of fused-ring (bicyclic) bond motifs is 2. The van der Waals surface area contributed by atoms with Crippen molar-refractivity contribution in [1.82, 2.24) is 0 Å². The molecule has 0 saturated carbocycles. The molecule has 2 aromatic rings. The Morgan fingerprint density at radius 3 is 2.33 bits per heavy atom. The molecule has 4 aliphatic rings. The van der Waals surface area contributed by atoms with Gasteiger partial charge in [0.2, 0.25) is 6.17 Å². The van der Waals surface area contributed by atoms with Crippen LogP contribution in [0.15, 0.2) is 65.4 Å². The number of halogens is 2. The first-order valence-corrected chi connectivity index (χ1v) is 16.7. The van der Waals surface area contributed by atoms with Crippen LogP contribution in [0.5, 0.6) is 0 Å². The Morgan fingerprint density at radius 1 is 1.00 bits per heavy atom. The minimum Gasteiger partial charge on any atom is -0.478 e. The molecule has 6 rings (SSSR count). The molecule has 1 aliphatic carbocycles. The van der Waals surface area contributed by atoms with E-state index in [0.717, 1.165) is 33.7 Å². The van der Waals surface area contributed by atoms with Crippen LogP contribution in [0.25, 0.3) is 5.57 Å². The Labute approximate surface area is 229 Å². The van der Waals surface area contributed by atoms with Crippen molar-refractivity contribution in [3.63, 3.8) is 0 Å². The first-order chi connectivity index (χ1) is 18.3. The molecule has 0 bridgehead atoms. The molecule has 39 heavy (non-hydrogen) atoms. The summed E-state index contributed by atoms with van der Waals surface area (Å²) in [7, 11) is -2.28. The van der Waals surface area contributed by atoms with Crippen LogP contribution in [-0.2, 0) is 5.41 Å². The SMILES string of the molecule is CC(C)(C)c1ccc(C(=O)O)c(C2=C3C=CC(=[N+]4CC(F)C4)C=C3[Si](C)(C)c3cc(N4CC(F)C4)ccc32)c1. The molecule has 4 nitrogen and oxygen atoms in total. The summed E-state index contributed by atoms with van der Waals surface area (Å²) in [6.45, 7) is 12.6. The molecule has 7 heteroatoms. The molecule has 202 valence electrons. The minimum atomic E-state index is -2.28. The summed E-state index contributed by atoms with van der Waals surface area (Å²) in [5.41, 5.74) is 6.93. The van der Waals surface area contributed by atoms with Gasteiger partial charge in [0.1, 0.15) is 14.2 Å². The average Bonchev–Trinajstić information content (AvgIpc) is 2.84. The molecule has 1 N–H and O–H groups in total. The first-order valence-electron chi connectivity index (χ1n) is 13.7. The van der Waals surface area contributed by atoms with E-state index < -0.39 is 26.4 Å². The summed E-state index contributed by atoms with van der Waals surface area (Å²) >= 11 is 0. The number of aromatic carboxylic acids is 1. The van der Waals surface area contributed by atoms with Gasteiger partial charge in [-0.25, -0.2) is 18.2 Å². The number of alkyl halides is 2. The summed E-state index contributed by atoms with van der Waals surface area (Å²) in [4.78, 5) is 14.6. The summed E-state index contributed by atoms with van der Waals surface area (Å²) in [6, 6.07) is 12.0.